The van der Waals surface area contributed by atoms with Crippen molar-refractivity contribution in [3.63, 3.8) is 0 Å². The Morgan fingerprint density at radius 2 is 1.52 bits per heavy atom. The number of halogens is 9. The number of hydrogen-bond acceptors (Lipinski definition) is 6. The van der Waals surface area contributed by atoms with Gasteiger partial charge in [-0.2, -0.15) is 44.6 Å². The smallest absolute Gasteiger partial charge is 0.383 e. The molecule has 1 aliphatic heterocycles. The molecule has 2 aromatic rings. The van der Waals surface area contributed by atoms with Gasteiger partial charge in [-0.3, -0.25) is 4.90 Å². The second-order valence-electron chi connectivity index (χ2n) is 10.4. The van der Waals surface area contributed by atoms with Crippen LogP contribution in [-0.4, -0.2) is 80.8 Å². The van der Waals surface area contributed by atoms with Crippen LogP contribution in [0.5, 0.6) is 0 Å². The Hall–Kier alpha value is -3.82. The van der Waals surface area contributed by atoms with Crippen LogP contribution in [0.3, 0.4) is 0 Å². The maximum absolute atomic E-state index is 13.6. The largest absolute Gasteiger partial charge is 0.416 e. The molecular formula is C28H30F9N7. The van der Waals surface area contributed by atoms with Crippen LogP contribution >= 0.6 is 0 Å². The van der Waals surface area contributed by atoms with Gasteiger partial charge in [-0.05, 0) is 49.6 Å². The van der Waals surface area contributed by atoms with Gasteiger partial charge >= 0.3 is 18.5 Å². The van der Waals surface area contributed by atoms with Crippen molar-refractivity contribution < 1.29 is 39.5 Å². The van der Waals surface area contributed by atoms with E-state index in [0.717, 1.165) is 25.5 Å². The molecule has 0 spiro atoms. The summed E-state index contributed by atoms with van der Waals surface area (Å²) in [5.41, 5.74) is 3.59. The molecule has 1 fully saturated rings. The molecular weight excluding hydrogens is 605 g/mol. The van der Waals surface area contributed by atoms with Crippen LogP contribution in [0.25, 0.3) is 16.6 Å². The number of alkyl halides is 9. The summed E-state index contributed by atoms with van der Waals surface area (Å²) in [6.45, 7) is 7.20. The molecule has 1 aliphatic carbocycles. The average Bonchev–Trinajstić information content (AvgIpc) is 3.13. The first-order chi connectivity index (χ1) is 20.5. The fourth-order valence-electron chi connectivity index (χ4n) is 5.00. The minimum absolute atomic E-state index is 0.0162. The normalized spacial score (nSPS) is 17.6. The summed E-state index contributed by atoms with van der Waals surface area (Å²) in [6.07, 6.45) is -8.99. The van der Waals surface area contributed by atoms with E-state index in [4.69, 9.17) is 5.73 Å². The van der Waals surface area contributed by atoms with E-state index in [1.54, 1.807) is 4.90 Å². The lowest BCUT2D eigenvalue weighted by atomic mass is 10.0. The van der Waals surface area contributed by atoms with Crippen molar-refractivity contribution >= 4 is 22.4 Å². The second-order valence-corrected chi connectivity index (χ2v) is 10.4. The zero-order valence-electron chi connectivity index (χ0n) is 23.4. The Morgan fingerprint density at radius 3 is 2.16 bits per heavy atom. The van der Waals surface area contributed by atoms with Gasteiger partial charge in [0.05, 0.1) is 16.5 Å². The van der Waals surface area contributed by atoms with Gasteiger partial charge in [0.15, 0.2) is 5.65 Å². The minimum Gasteiger partial charge on any atom is -0.383 e. The lowest BCUT2D eigenvalue weighted by molar-refractivity contribution is -0.0934. The Labute approximate surface area is 246 Å². The molecule has 7 nitrogen and oxygen atoms in total. The Morgan fingerprint density at radius 1 is 0.864 bits per heavy atom. The van der Waals surface area contributed by atoms with Crippen LogP contribution < -0.4 is 5.73 Å². The number of nitrogen functional groups attached to an aromatic ring is 1. The maximum Gasteiger partial charge on any atom is 0.416 e. The summed E-state index contributed by atoms with van der Waals surface area (Å²) in [7, 11) is 0. The molecule has 2 aromatic heterocycles. The van der Waals surface area contributed by atoms with Gasteiger partial charge < -0.3 is 10.6 Å². The molecule has 0 saturated carbocycles. The SMILES string of the molecule is C=C(/C=C/C(F)(F)F)N1CCN(CCCCCn2nc(C3=CC(C(F)(F)F)=CC(C(F)(F)F)=CC3)c3c(N)ncnc32)CC1. The summed E-state index contributed by atoms with van der Waals surface area (Å²) in [6, 6.07) is 0. The van der Waals surface area contributed by atoms with Crippen molar-refractivity contribution in [3.05, 3.63) is 65.8 Å². The van der Waals surface area contributed by atoms with E-state index in [1.807, 2.05) is 0 Å². The molecule has 44 heavy (non-hydrogen) atoms. The van der Waals surface area contributed by atoms with Gasteiger partial charge in [0, 0.05) is 44.5 Å². The number of allylic oxidation sites excluding steroid dienone is 8. The van der Waals surface area contributed by atoms with Crippen molar-refractivity contribution in [1.82, 2.24) is 29.5 Å². The maximum atomic E-state index is 13.6. The Balaban J connectivity index is 1.39. The summed E-state index contributed by atoms with van der Waals surface area (Å²) in [5, 5.41) is 4.58. The van der Waals surface area contributed by atoms with Crippen LogP contribution in [0.1, 0.15) is 31.4 Å². The number of aryl methyl sites for hydroxylation is 1. The van der Waals surface area contributed by atoms with E-state index < -0.39 is 36.1 Å². The van der Waals surface area contributed by atoms with E-state index >= 15 is 0 Å². The van der Waals surface area contributed by atoms with Crippen molar-refractivity contribution in [3.8, 4) is 0 Å². The number of fused-ring (bicyclic) bond motifs is 1. The topological polar surface area (TPSA) is 76.1 Å². The van der Waals surface area contributed by atoms with Crippen LogP contribution in [-0.2, 0) is 6.54 Å². The molecule has 0 unspecified atom stereocenters. The zero-order valence-corrected chi connectivity index (χ0v) is 23.4. The molecule has 3 heterocycles. The van der Waals surface area contributed by atoms with Crippen molar-refractivity contribution in [2.45, 2.75) is 50.8 Å². The van der Waals surface area contributed by atoms with Crippen LogP contribution in [0.4, 0.5) is 45.3 Å². The third kappa shape index (κ3) is 8.42. The Bertz CT molecular complexity index is 1470. The number of anilines is 1. The third-order valence-electron chi connectivity index (χ3n) is 7.29. The third-order valence-corrected chi connectivity index (χ3v) is 7.29. The first-order valence-corrected chi connectivity index (χ1v) is 13.7. The monoisotopic (exact) mass is 635 g/mol. The minimum atomic E-state index is -5.04. The number of aromatic nitrogens is 4. The van der Waals surface area contributed by atoms with Gasteiger partial charge in [0.2, 0.25) is 0 Å². The van der Waals surface area contributed by atoms with E-state index in [-0.39, 0.29) is 40.3 Å². The molecule has 0 radical (unpaired) electrons. The van der Waals surface area contributed by atoms with Crippen LogP contribution in [0.2, 0.25) is 0 Å². The van der Waals surface area contributed by atoms with Gasteiger partial charge in [0.25, 0.3) is 0 Å². The number of hydrogen-bond donors (Lipinski definition) is 1. The number of piperazine rings is 1. The molecule has 0 amide bonds. The van der Waals surface area contributed by atoms with E-state index in [0.29, 0.717) is 57.0 Å². The number of nitrogens with zero attached hydrogens (tertiary/aromatic N) is 6. The van der Waals surface area contributed by atoms with Crippen LogP contribution in [0, 0.1) is 0 Å². The van der Waals surface area contributed by atoms with Crippen molar-refractivity contribution in [2.24, 2.45) is 0 Å². The standard InChI is InChI=1S/C28H30F9N7/c1-18(7-8-26(29,30)31)43-13-11-42(12-14-43)9-3-2-4-10-44-25-22(24(38)39-17-40-25)23(41-44)19-5-6-20(27(32,33)34)16-21(15-19)28(35,36)37/h6-8,15-17H,1-5,9-14H2,(H2,38,39,40)/b8-7+. The summed E-state index contributed by atoms with van der Waals surface area (Å²) < 4.78 is 120. The van der Waals surface area contributed by atoms with Crippen molar-refractivity contribution in [2.75, 3.05) is 38.5 Å². The van der Waals surface area contributed by atoms with Crippen LogP contribution in [0.15, 0.2) is 60.1 Å². The van der Waals surface area contributed by atoms with Crippen molar-refractivity contribution in [1.29, 1.82) is 0 Å². The summed E-state index contributed by atoms with van der Waals surface area (Å²) >= 11 is 0. The highest BCUT2D eigenvalue weighted by molar-refractivity contribution is 5.96. The lowest BCUT2D eigenvalue weighted by Crippen LogP contribution is -2.45. The predicted molar refractivity (Wildman–Crippen MR) is 147 cm³/mol. The first kappa shape index (κ1) is 33.1. The lowest BCUT2D eigenvalue weighted by Gasteiger charge is -2.36. The zero-order chi connectivity index (χ0) is 32.3. The highest BCUT2D eigenvalue weighted by atomic mass is 19.4. The molecule has 16 heteroatoms. The molecule has 1 saturated heterocycles. The molecule has 240 valence electrons. The summed E-state index contributed by atoms with van der Waals surface area (Å²) in [5.74, 6) is -0.0605. The molecule has 4 rings (SSSR count). The number of nitrogens with two attached hydrogens (primary N) is 1. The Kier molecular flexibility index (Phi) is 9.80. The summed E-state index contributed by atoms with van der Waals surface area (Å²) in [4.78, 5) is 12.1. The predicted octanol–water partition coefficient (Wildman–Crippen LogP) is 6.59. The molecule has 2 N–H and O–H groups in total. The highest BCUT2D eigenvalue weighted by Crippen LogP contribution is 2.39. The van der Waals surface area contributed by atoms with E-state index in [2.05, 4.69) is 26.5 Å². The number of rotatable bonds is 9. The molecule has 0 bridgehead atoms. The quantitative estimate of drug-likeness (QED) is 0.190. The van der Waals surface area contributed by atoms with Gasteiger partial charge in [-0.25, -0.2) is 14.6 Å². The molecule has 0 atom stereocenters. The number of unbranched alkanes of at least 4 members (excludes halogenated alkanes) is 2. The van der Waals surface area contributed by atoms with Gasteiger partial charge in [-0.1, -0.05) is 19.1 Å². The van der Waals surface area contributed by atoms with E-state index in [9.17, 15) is 39.5 Å². The second kappa shape index (κ2) is 13.0. The first-order valence-electron chi connectivity index (χ1n) is 13.7. The fraction of sp³-hybridized carbons (Fsp3) is 0.464. The molecule has 2 aliphatic rings. The van der Waals surface area contributed by atoms with E-state index in [1.165, 1.54) is 11.0 Å². The molecule has 0 aromatic carbocycles. The van der Waals surface area contributed by atoms with Gasteiger partial charge in [-0.15, -0.1) is 0 Å². The highest BCUT2D eigenvalue weighted by Gasteiger charge is 2.39. The van der Waals surface area contributed by atoms with Gasteiger partial charge in [0.1, 0.15) is 17.8 Å². The average molecular weight is 636 g/mol. The fourth-order valence-corrected chi connectivity index (χ4v) is 5.00.